The molecule has 0 atom stereocenters. The second kappa shape index (κ2) is 4.95. The van der Waals surface area contributed by atoms with Crippen LogP contribution in [0.1, 0.15) is 12.6 Å². The van der Waals surface area contributed by atoms with Gasteiger partial charge in [-0.15, -0.1) is 0 Å². The Morgan fingerprint density at radius 2 is 2.12 bits per heavy atom. The summed E-state index contributed by atoms with van der Waals surface area (Å²) in [5, 5.41) is 6.95. The average molecular weight is 237 g/mol. The minimum absolute atomic E-state index is 0.161. The third kappa shape index (κ3) is 2.43. The van der Waals surface area contributed by atoms with Crippen molar-refractivity contribution >= 4 is 5.69 Å². The number of halogens is 2. The molecule has 0 radical (unpaired) electrons. The Morgan fingerprint density at radius 3 is 2.88 bits per heavy atom. The molecule has 0 amide bonds. The smallest absolute Gasteiger partial charge is 0.181 e. The fourth-order valence-corrected chi connectivity index (χ4v) is 1.62. The number of nitrogens with one attached hydrogen (secondary N) is 1. The molecule has 1 aromatic carbocycles. The van der Waals surface area contributed by atoms with Gasteiger partial charge in [0.1, 0.15) is 0 Å². The molecule has 0 spiro atoms. The van der Waals surface area contributed by atoms with E-state index in [-0.39, 0.29) is 5.69 Å². The lowest BCUT2D eigenvalue weighted by atomic mass is 10.3. The Morgan fingerprint density at radius 1 is 1.29 bits per heavy atom. The largest absolute Gasteiger partial charge is 0.377 e. The van der Waals surface area contributed by atoms with Crippen LogP contribution >= 0.6 is 0 Å². The second-order valence-electron chi connectivity index (χ2n) is 3.59. The molecule has 0 aliphatic carbocycles. The zero-order chi connectivity index (χ0) is 12.3. The van der Waals surface area contributed by atoms with Crippen LogP contribution < -0.4 is 5.32 Å². The number of nitrogens with zero attached hydrogens (tertiary/aromatic N) is 2. The zero-order valence-corrected chi connectivity index (χ0v) is 9.45. The lowest BCUT2D eigenvalue weighted by Gasteiger charge is -2.09. The van der Waals surface area contributed by atoms with Gasteiger partial charge in [-0.25, -0.2) is 8.78 Å². The lowest BCUT2D eigenvalue weighted by Crippen LogP contribution is -2.09. The quantitative estimate of drug-likeness (QED) is 0.886. The Hall–Kier alpha value is -1.91. The van der Waals surface area contributed by atoms with Crippen molar-refractivity contribution < 1.29 is 8.78 Å². The summed E-state index contributed by atoms with van der Waals surface area (Å²) in [6.45, 7) is 3.13. The molecule has 0 unspecified atom stereocenters. The van der Waals surface area contributed by atoms with E-state index < -0.39 is 11.6 Å². The van der Waals surface area contributed by atoms with Crippen LogP contribution in [0.5, 0.6) is 0 Å². The normalized spacial score (nSPS) is 10.5. The summed E-state index contributed by atoms with van der Waals surface area (Å²) in [5.41, 5.74) is 1.09. The van der Waals surface area contributed by atoms with Gasteiger partial charge in [-0.2, -0.15) is 5.10 Å². The summed E-state index contributed by atoms with van der Waals surface area (Å²) in [6, 6.07) is 5.91. The van der Waals surface area contributed by atoms with Gasteiger partial charge in [-0.1, -0.05) is 6.07 Å². The number of aryl methyl sites for hydroxylation is 1. The third-order valence-corrected chi connectivity index (χ3v) is 2.52. The molecule has 0 aliphatic heterocycles. The number of hydrogen-bond donors (Lipinski definition) is 1. The van der Waals surface area contributed by atoms with Gasteiger partial charge < -0.3 is 5.32 Å². The van der Waals surface area contributed by atoms with Gasteiger partial charge in [0.15, 0.2) is 11.6 Å². The highest BCUT2D eigenvalue weighted by Crippen LogP contribution is 2.17. The Labute approximate surface area is 98.1 Å². The lowest BCUT2D eigenvalue weighted by molar-refractivity contribution is 0.510. The molecule has 3 nitrogen and oxygen atoms in total. The standard InChI is InChI=1S/C12H13F2N3/c1-2-17-9(6-7-16-17)8-15-11-5-3-4-10(13)12(11)14/h3-7,15H,2,8H2,1H3. The van der Waals surface area contributed by atoms with E-state index in [9.17, 15) is 8.78 Å². The highest BCUT2D eigenvalue weighted by Gasteiger charge is 2.07. The molecule has 1 aromatic heterocycles. The highest BCUT2D eigenvalue weighted by atomic mass is 19.2. The minimum Gasteiger partial charge on any atom is -0.377 e. The maximum Gasteiger partial charge on any atom is 0.181 e. The summed E-state index contributed by atoms with van der Waals surface area (Å²) in [7, 11) is 0. The van der Waals surface area contributed by atoms with Gasteiger partial charge in [0.2, 0.25) is 0 Å². The SMILES string of the molecule is CCn1nccc1CNc1cccc(F)c1F. The third-order valence-electron chi connectivity index (χ3n) is 2.52. The molecule has 2 aromatic rings. The molecule has 0 fully saturated rings. The summed E-state index contributed by atoms with van der Waals surface area (Å²) >= 11 is 0. The minimum atomic E-state index is -0.852. The fraction of sp³-hybridized carbons (Fsp3) is 0.250. The zero-order valence-electron chi connectivity index (χ0n) is 9.45. The van der Waals surface area contributed by atoms with E-state index in [4.69, 9.17) is 0 Å². The molecule has 1 heterocycles. The predicted molar refractivity (Wildman–Crippen MR) is 61.6 cm³/mol. The maximum atomic E-state index is 13.4. The van der Waals surface area contributed by atoms with Crippen LogP contribution in [-0.2, 0) is 13.1 Å². The molecule has 90 valence electrons. The van der Waals surface area contributed by atoms with Gasteiger partial charge in [0.25, 0.3) is 0 Å². The summed E-state index contributed by atoms with van der Waals surface area (Å²) in [6.07, 6.45) is 1.68. The molecule has 0 bridgehead atoms. The van der Waals surface area contributed by atoms with Crippen molar-refractivity contribution in [1.29, 1.82) is 0 Å². The fourth-order valence-electron chi connectivity index (χ4n) is 1.62. The maximum absolute atomic E-state index is 13.4. The molecule has 17 heavy (non-hydrogen) atoms. The van der Waals surface area contributed by atoms with E-state index in [0.717, 1.165) is 18.3 Å². The topological polar surface area (TPSA) is 29.9 Å². The van der Waals surface area contributed by atoms with Gasteiger partial charge in [-0.3, -0.25) is 4.68 Å². The molecule has 5 heteroatoms. The molecular weight excluding hydrogens is 224 g/mol. The number of rotatable bonds is 4. The van der Waals surface area contributed by atoms with Crippen LogP contribution in [0.15, 0.2) is 30.5 Å². The van der Waals surface area contributed by atoms with Crippen molar-refractivity contribution in [3.8, 4) is 0 Å². The second-order valence-corrected chi connectivity index (χ2v) is 3.59. The van der Waals surface area contributed by atoms with Crippen molar-refractivity contribution in [2.75, 3.05) is 5.32 Å². The Balaban J connectivity index is 2.10. The summed E-state index contributed by atoms with van der Waals surface area (Å²) < 4.78 is 28.1. The van der Waals surface area contributed by atoms with Gasteiger partial charge in [0.05, 0.1) is 17.9 Å². The molecular formula is C12H13F2N3. The average Bonchev–Trinajstić information content (AvgIpc) is 2.78. The van der Waals surface area contributed by atoms with E-state index in [1.54, 1.807) is 10.9 Å². The van der Waals surface area contributed by atoms with Gasteiger partial charge in [-0.05, 0) is 25.1 Å². The predicted octanol–water partition coefficient (Wildman–Crippen LogP) is 2.79. The molecule has 0 saturated carbocycles. The van der Waals surface area contributed by atoms with E-state index in [2.05, 4.69) is 10.4 Å². The first kappa shape index (κ1) is 11.6. The van der Waals surface area contributed by atoms with E-state index in [1.165, 1.54) is 12.1 Å². The van der Waals surface area contributed by atoms with E-state index >= 15 is 0 Å². The summed E-state index contributed by atoms with van der Waals surface area (Å²) in [4.78, 5) is 0. The van der Waals surface area contributed by atoms with Crippen LogP contribution in [0.2, 0.25) is 0 Å². The van der Waals surface area contributed by atoms with Crippen molar-refractivity contribution in [2.45, 2.75) is 20.0 Å². The molecule has 1 N–H and O–H groups in total. The van der Waals surface area contributed by atoms with Crippen LogP contribution in [-0.4, -0.2) is 9.78 Å². The first-order chi connectivity index (χ1) is 8.22. The van der Waals surface area contributed by atoms with Crippen LogP contribution in [0.25, 0.3) is 0 Å². The van der Waals surface area contributed by atoms with E-state index in [0.29, 0.717) is 6.54 Å². The first-order valence-electron chi connectivity index (χ1n) is 5.41. The number of benzene rings is 1. The molecule has 0 saturated heterocycles. The van der Waals surface area contributed by atoms with Crippen molar-refractivity contribution in [3.05, 3.63) is 47.8 Å². The number of anilines is 1. The molecule has 2 rings (SSSR count). The number of hydrogen-bond acceptors (Lipinski definition) is 2. The molecule has 0 aliphatic rings. The van der Waals surface area contributed by atoms with E-state index in [1.807, 2.05) is 13.0 Å². The Bertz CT molecular complexity index is 508. The summed E-state index contributed by atoms with van der Waals surface area (Å²) in [5.74, 6) is -1.70. The van der Waals surface area contributed by atoms with Gasteiger partial charge in [0, 0.05) is 12.7 Å². The van der Waals surface area contributed by atoms with Crippen molar-refractivity contribution in [2.24, 2.45) is 0 Å². The number of aromatic nitrogens is 2. The monoisotopic (exact) mass is 237 g/mol. The van der Waals surface area contributed by atoms with Crippen LogP contribution in [0.4, 0.5) is 14.5 Å². The van der Waals surface area contributed by atoms with Crippen LogP contribution in [0.3, 0.4) is 0 Å². The van der Waals surface area contributed by atoms with Crippen molar-refractivity contribution in [1.82, 2.24) is 9.78 Å². The van der Waals surface area contributed by atoms with Crippen molar-refractivity contribution in [3.63, 3.8) is 0 Å². The first-order valence-corrected chi connectivity index (χ1v) is 5.41. The Kier molecular flexibility index (Phi) is 3.37. The highest BCUT2D eigenvalue weighted by molar-refractivity contribution is 5.45. The van der Waals surface area contributed by atoms with Crippen LogP contribution in [0, 0.1) is 11.6 Å². The van der Waals surface area contributed by atoms with Gasteiger partial charge >= 0.3 is 0 Å².